The Hall–Kier alpha value is -0.590. The highest BCUT2D eigenvalue weighted by atomic mass is 35.5. The van der Waals surface area contributed by atoms with Gasteiger partial charge in [0.25, 0.3) is 0 Å². The van der Waals surface area contributed by atoms with Crippen molar-refractivity contribution in [1.29, 1.82) is 0 Å². The van der Waals surface area contributed by atoms with Crippen molar-refractivity contribution in [3.05, 3.63) is 21.3 Å². The first-order valence-corrected chi connectivity index (χ1v) is 7.13. The second-order valence-corrected chi connectivity index (χ2v) is 6.33. The molecule has 0 saturated carbocycles. The van der Waals surface area contributed by atoms with Gasteiger partial charge in [-0.15, -0.1) is 11.3 Å². The third-order valence-corrected chi connectivity index (χ3v) is 4.54. The number of alkyl halides is 3. The lowest BCUT2D eigenvalue weighted by atomic mass is 9.96. The summed E-state index contributed by atoms with van der Waals surface area (Å²) in [5, 5.41) is 0. The number of Topliss-reactive ketones (excluding diaryl/α,β-unsaturated/α-hetero) is 1. The molecule has 106 valence electrons. The quantitative estimate of drug-likeness (QED) is 0.790. The van der Waals surface area contributed by atoms with Crippen LogP contribution in [0.3, 0.4) is 0 Å². The Labute approximate surface area is 118 Å². The van der Waals surface area contributed by atoms with Gasteiger partial charge in [0.05, 0.1) is 21.7 Å². The van der Waals surface area contributed by atoms with E-state index in [4.69, 9.17) is 11.6 Å². The van der Waals surface area contributed by atoms with Crippen molar-refractivity contribution in [2.45, 2.75) is 19.0 Å². The summed E-state index contributed by atoms with van der Waals surface area (Å²) in [6.45, 7) is 0.797. The van der Waals surface area contributed by atoms with E-state index in [0.717, 1.165) is 0 Å². The highest BCUT2D eigenvalue weighted by Crippen LogP contribution is 2.34. The van der Waals surface area contributed by atoms with Crippen LogP contribution in [0.5, 0.6) is 0 Å². The molecule has 1 fully saturated rings. The topological polar surface area (TPSA) is 20.3 Å². The third-order valence-electron chi connectivity index (χ3n) is 3.27. The summed E-state index contributed by atoms with van der Waals surface area (Å²) >= 11 is 6.94. The van der Waals surface area contributed by atoms with Crippen LogP contribution in [0.2, 0.25) is 4.34 Å². The maximum Gasteiger partial charge on any atom is 0.391 e. The van der Waals surface area contributed by atoms with Crippen LogP contribution in [0.25, 0.3) is 0 Å². The number of hydrogen-bond donors (Lipinski definition) is 0. The van der Waals surface area contributed by atoms with Crippen LogP contribution in [0.4, 0.5) is 13.2 Å². The van der Waals surface area contributed by atoms with Crippen molar-refractivity contribution in [1.82, 2.24) is 4.90 Å². The molecule has 0 radical (unpaired) electrons. The van der Waals surface area contributed by atoms with Gasteiger partial charge in [0.1, 0.15) is 0 Å². The molecule has 0 bridgehead atoms. The van der Waals surface area contributed by atoms with E-state index in [0.29, 0.717) is 22.3 Å². The number of rotatable bonds is 3. The van der Waals surface area contributed by atoms with Gasteiger partial charge in [0.2, 0.25) is 0 Å². The van der Waals surface area contributed by atoms with Crippen LogP contribution in [0, 0.1) is 5.92 Å². The third kappa shape index (κ3) is 3.94. The number of halogens is 4. The first-order valence-electron chi connectivity index (χ1n) is 5.94. The van der Waals surface area contributed by atoms with Crippen molar-refractivity contribution >= 4 is 28.7 Å². The Balaban J connectivity index is 1.84. The maximum atomic E-state index is 12.5. The lowest BCUT2D eigenvalue weighted by Crippen LogP contribution is -2.41. The van der Waals surface area contributed by atoms with E-state index in [1.165, 1.54) is 11.3 Å². The van der Waals surface area contributed by atoms with Gasteiger partial charge in [0.15, 0.2) is 5.78 Å². The standard InChI is InChI=1S/C12H13ClF3NOS/c13-11-2-1-10(19-11)9(18)7-17-5-3-8(4-6-17)12(14,15)16/h1-2,8H,3-7H2. The van der Waals surface area contributed by atoms with Crippen LogP contribution in [-0.4, -0.2) is 36.5 Å². The van der Waals surface area contributed by atoms with Gasteiger partial charge in [-0.25, -0.2) is 0 Å². The Kier molecular flexibility index (Phi) is 4.53. The fraction of sp³-hybridized carbons (Fsp3) is 0.583. The van der Waals surface area contributed by atoms with Crippen molar-refractivity contribution in [3.8, 4) is 0 Å². The summed E-state index contributed by atoms with van der Waals surface area (Å²) in [7, 11) is 0. The molecule has 1 aliphatic heterocycles. The van der Waals surface area contributed by atoms with E-state index in [2.05, 4.69) is 0 Å². The van der Waals surface area contributed by atoms with Crippen molar-refractivity contribution in [2.75, 3.05) is 19.6 Å². The molecule has 0 aromatic carbocycles. The van der Waals surface area contributed by atoms with E-state index in [1.807, 2.05) is 0 Å². The summed E-state index contributed by atoms with van der Waals surface area (Å²) < 4.78 is 38.0. The molecular formula is C12H13ClF3NOS. The summed E-state index contributed by atoms with van der Waals surface area (Å²) in [6.07, 6.45) is -3.97. The maximum absolute atomic E-state index is 12.5. The molecule has 1 saturated heterocycles. The van der Waals surface area contributed by atoms with Crippen molar-refractivity contribution in [2.24, 2.45) is 5.92 Å². The highest BCUT2D eigenvalue weighted by molar-refractivity contribution is 7.18. The summed E-state index contributed by atoms with van der Waals surface area (Å²) in [6, 6.07) is 3.30. The van der Waals surface area contributed by atoms with E-state index in [9.17, 15) is 18.0 Å². The first-order chi connectivity index (χ1) is 8.86. The minimum absolute atomic E-state index is 0.0714. The van der Waals surface area contributed by atoms with Crippen LogP contribution < -0.4 is 0 Å². The number of thiophene rings is 1. The predicted octanol–water partition coefficient (Wildman–Crippen LogP) is 3.86. The average Bonchev–Trinajstić information content (AvgIpc) is 2.75. The molecule has 0 amide bonds. The highest BCUT2D eigenvalue weighted by Gasteiger charge is 2.41. The number of ketones is 1. The molecule has 2 rings (SSSR count). The number of hydrogen-bond acceptors (Lipinski definition) is 3. The lowest BCUT2D eigenvalue weighted by Gasteiger charge is -2.32. The second kappa shape index (κ2) is 5.81. The predicted molar refractivity (Wildman–Crippen MR) is 68.9 cm³/mol. The van der Waals surface area contributed by atoms with E-state index >= 15 is 0 Å². The Morgan fingerprint density at radius 3 is 2.47 bits per heavy atom. The smallest absolute Gasteiger partial charge is 0.296 e. The molecule has 2 heterocycles. The van der Waals surface area contributed by atoms with Crippen LogP contribution in [0.15, 0.2) is 12.1 Å². The van der Waals surface area contributed by atoms with Gasteiger partial charge < -0.3 is 0 Å². The number of piperidine rings is 1. The zero-order chi connectivity index (χ0) is 14.0. The normalized spacial score (nSPS) is 18.7. The molecular weight excluding hydrogens is 299 g/mol. The van der Waals surface area contributed by atoms with E-state index < -0.39 is 12.1 Å². The summed E-state index contributed by atoms with van der Waals surface area (Å²) in [4.78, 5) is 14.2. The van der Waals surface area contributed by atoms with Gasteiger partial charge in [-0.1, -0.05) is 11.6 Å². The minimum atomic E-state index is -4.11. The Morgan fingerprint density at radius 1 is 1.37 bits per heavy atom. The summed E-state index contributed by atoms with van der Waals surface area (Å²) in [5.41, 5.74) is 0. The average molecular weight is 312 g/mol. The van der Waals surface area contributed by atoms with Crippen LogP contribution >= 0.6 is 22.9 Å². The number of carbonyl (C=O) groups is 1. The molecule has 1 aromatic heterocycles. The zero-order valence-electron chi connectivity index (χ0n) is 10.0. The molecule has 1 aliphatic rings. The number of carbonyl (C=O) groups excluding carboxylic acids is 1. The second-order valence-electron chi connectivity index (χ2n) is 4.62. The SMILES string of the molecule is O=C(CN1CCC(C(F)(F)F)CC1)c1ccc(Cl)s1. The van der Waals surface area contributed by atoms with Gasteiger partial charge in [0, 0.05) is 0 Å². The molecule has 0 atom stereocenters. The lowest BCUT2D eigenvalue weighted by molar-refractivity contribution is -0.184. The van der Waals surface area contributed by atoms with Crippen molar-refractivity contribution < 1.29 is 18.0 Å². The first kappa shape index (κ1) is 14.8. The molecule has 0 spiro atoms. The van der Waals surface area contributed by atoms with Gasteiger partial charge in [-0.3, -0.25) is 9.69 Å². The van der Waals surface area contributed by atoms with Crippen LogP contribution in [0.1, 0.15) is 22.5 Å². The molecule has 19 heavy (non-hydrogen) atoms. The Morgan fingerprint density at radius 2 is 2.00 bits per heavy atom. The van der Waals surface area contributed by atoms with E-state index in [1.54, 1.807) is 17.0 Å². The molecule has 2 nitrogen and oxygen atoms in total. The monoisotopic (exact) mass is 311 g/mol. The van der Waals surface area contributed by atoms with Gasteiger partial charge >= 0.3 is 6.18 Å². The number of nitrogens with zero attached hydrogens (tertiary/aromatic N) is 1. The van der Waals surface area contributed by atoms with Gasteiger partial charge in [-0.2, -0.15) is 13.2 Å². The molecule has 0 N–H and O–H groups in total. The molecule has 1 aromatic rings. The fourth-order valence-electron chi connectivity index (χ4n) is 2.16. The zero-order valence-corrected chi connectivity index (χ0v) is 11.6. The van der Waals surface area contributed by atoms with Gasteiger partial charge in [-0.05, 0) is 38.1 Å². The Bertz CT molecular complexity index is 452. The van der Waals surface area contributed by atoms with E-state index in [-0.39, 0.29) is 25.2 Å². The fourth-order valence-corrected chi connectivity index (χ4v) is 3.14. The minimum Gasteiger partial charge on any atom is -0.296 e. The molecule has 0 unspecified atom stereocenters. The molecule has 7 heteroatoms. The number of likely N-dealkylation sites (tertiary alicyclic amines) is 1. The largest absolute Gasteiger partial charge is 0.391 e. The van der Waals surface area contributed by atoms with Crippen molar-refractivity contribution in [3.63, 3.8) is 0 Å². The molecule has 0 aliphatic carbocycles. The van der Waals surface area contributed by atoms with Crippen LogP contribution in [-0.2, 0) is 0 Å². The summed E-state index contributed by atoms with van der Waals surface area (Å²) in [5.74, 6) is -1.31.